The number of nitrogens with zero attached hydrogens (tertiary/aromatic N) is 1. The van der Waals surface area contributed by atoms with Crippen LogP contribution in [0.1, 0.15) is 25.8 Å². The van der Waals surface area contributed by atoms with Crippen LogP contribution in [0.5, 0.6) is 0 Å². The Morgan fingerprint density at radius 3 is 2.26 bits per heavy atom. The molecule has 31 heavy (non-hydrogen) atoms. The van der Waals surface area contributed by atoms with E-state index >= 15 is 0 Å². The van der Waals surface area contributed by atoms with Gasteiger partial charge in [0.25, 0.3) is 0 Å². The zero-order chi connectivity index (χ0) is 23.0. The number of nitrogens with one attached hydrogen (secondary N) is 1. The molecular weight excluding hydrogens is 418 g/mol. The molecule has 0 aliphatic rings. The first-order valence-electron chi connectivity index (χ1n) is 10.2. The first kappa shape index (κ1) is 24.6. The largest absolute Gasteiger partial charge is 0.465 e. The fourth-order valence-electron chi connectivity index (χ4n) is 3.18. The Morgan fingerprint density at radius 1 is 1.10 bits per heavy atom. The summed E-state index contributed by atoms with van der Waals surface area (Å²) >= 11 is 0. The van der Waals surface area contributed by atoms with Crippen LogP contribution in [0.4, 0.5) is 10.5 Å². The third-order valence-corrected chi connectivity index (χ3v) is 7.04. The normalized spacial score (nSPS) is 14.7. The molecule has 0 aliphatic carbocycles. The first-order chi connectivity index (χ1) is 14.6. The lowest BCUT2D eigenvalue weighted by Crippen LogP contribution is -2.50. The van der Waals surface area contributed by atoms with Crippen molar-refractivity contribution in [1.29, 1.82) is 0 Å². The van der Waals surface area contributed by atoms with Gasteiger partial charge in [-0.2, -0.15) is 4.31 Å². The molecule has 0 aromatic heterocycles. The Balaban J connectivity index is 2.29. The van der Waals surface area contributed by atoms with Crippen molar-refractivity contribution in [1.82, 2.24) is 9.62 Å². The summed E-state index contributed by atoms with van der Waals surface area (Å²) in [6.07, 6.45) is -1.54. The molecule has 2 aromatic rings. The second-order valence-corrected chi connectivity index (χ2v) is 9.66. The number of sulfonamides is 1. The number of carbonyl (C=O) groups is 1. The van der Waals surface area contributed by atoms with Gasteiger partial charge in [0, 0.05) is 18.8 Å². The van der Waals surface area contributed by atoms with Gasteiger partial charge in [-0.05, 0) is 42.2 Å². The molecule has 0 bridgehead atoms. The highest BCUT2D eigenvalue weighted by atomic mass is 32.2. The second-order valence-electron chi connectivity index (χ2n) is 7.72. The van der Waals surface area contributed by atoms with Gasteiger partial charge in [0.05, 0.1) is 17.0 Å². The summed E-state index contributed by atoms with van der Waals surface area (Å²) in [7, 11) is -3.91. The van der Waals surface area contributed by atoms with Crippen molar-refractivity contribution in [3.63, 3.8) is 0 Å². The molecule has 0 heterocycles. The van der Waals surface area contributed by atoms with Gasteiger partial charge in [-0.3, -0.25) is 0 Å². The molecule has 3 unspecified atom stereocenters. The van der Waals surface area contributed by atoms with E-state index in [4.69, 9.17) is 5.73 Å². The van der Waals surface area contributed by atoms with E-state index in [9.17, 15) is 23.4 Å². The number of aliphatic hydroxyl groups is 1. The van der Waals surface area contributed by atoms with Crippen LogP contribution < -0.4 is 11.1 Å². The van der Waals surface area contributed by atoms with Crippen molar-refractivity contribution in [2.75, 3.05) is 18.8 Å². The Labute approximate surface area is 183 Å². The van der Waals surface area contributed by atoms with Crippen LogP contribution in [-0.4, -0.2) is 54.3 Å². The van der Waals surface area contributed by atoms with Gasteiger partial charge < -0.3 is 21.3 Å². The third kappa shape index (κ3) is 7.23. The summed E-state index contributed by atoms with van der Waals surface area (Å²) in [4.78, 5) is 11.4. The zero-order valence-corrected chi connectivity index (χ0v) is 18.6. The molecular formula is C22H31N3O5S. The highest BCUT2D eigenvalue weighted by Crippen LogP contribution is 2.21. The maximum atomic E-state index is 13.3. The van der Waals surface area contributed by atoms with Crippen LogP contribution in [0.3, 0.4) is 0 Å². The minimum atomic E-state index is -3.91. The van der Waals surface area contributed by atoms with Gasteiger partial charge in [-0.15, -0.1) is 0 Å². The van der Waals surface area contributed by atoms with Crippen molar-refractivity contribution >= 4 is 21.8 Å². The average Bonchev–Trinajstić information content (AvgIpc) is 2.73. The highest BCUT2D eigenvalue weighted by molar-refractivity contribution is 7.89. The first-order valence-corrected chi connectivity index (χ1v) is 11.6. The topological polar surface area (TPSA) is 133 Å². The lowest BCUT2D eigenvalue weighted by atomic mass is 10.0. The third-order valence-electron chi connectivity index (χ3n) is 5.19. The summed E-state index contributed by atoms with van der Waals surface area (Å²) < 4.78 is 27.8. The number of anilines is 1. The van der Waals surface area contributed by atoms with Gasteiger partial charge in [0.15, 0.2) is 0 Å². The Morgan fingerprint density at radius 2 is 1.71 bits per heavy atom. The van der Waals surface area contributed by atoms with Crippen LogP contribution in [0.2, 0.25) is 0 Å². The van der Waals surface area contributed by atoms with E-state index in [0.717, 1.165) is 12.0 Å². The summed E-state index contributed by atoms with van der Waals surface area (Å²) in [5, 5.41) is 22.4. The summed E-state index contributed by atoms with van der Waals surface area (Å²) in [6, 6.07) is 14.1. The SMILES string of the molecule is CCC(C)CN(CC(O)C(Cc1ccccc1)NC(=O)O)S(=O)(=O)c1ccc(N)cc1. The molecule has 170 valence electrons. The standard InChI is InChI=1S/C22H31N3O5S/c1-3-16(2)14-25(31(29,30)19-11-9-18(23)10-12-19)15-21(26)20(24-22(27)28)13-17-7-5-4-6-8-17/h4-12,16,20-21,24,26H,3,13-15,23H2,1-2H3,(H,27,28). The summed E-state index contributed by atoms with van der Waals surface area (Å²) in [5.74, 6) is 0.0516. The van der Waals surface area contributed by atoms with E-state index in [0.29, 0.717) is 5.69 Å². The number of amides is 1. The van der Waals surface area contributed by atoms with Gasteiger partial charge >= 0.3 is 6.09 Å². The predicted molar refractivity (Wildman–Crippen MR) is 120 cm³/mol. The fourth-order valence-corrected chi connectivity index (χ4v) is 4.76. The number of hydrogen-bond acceptors (Lipinski definition) is 5. The van der Waals surface area contributed by atoms with Crippen LogP contribution in [0.25, 0.3) is 0 Å². The lowest BCUT2D eigenvalue weighted by molar-refractivity contribution is 0.0974. The number of benzene rings is 2. The van der Waals surface area contributed by atoms with E-state index in [1.54, 1.807) is 0 Å². The number of hydrogen-bond donors (Lipinski definition) is 4. The van der Waals surface area contributed by atoms with Crippen molar-refractivity contribution in [2.45, 2.75) is 43.7 Å². The maximum Gasteiger partial charge on any atom is 0.404 e. The molecule has 0 saturated heterocycles. The van der Waals surface area contributed by atoms with Crippen molar-refractivity contribution < 1.29 is 23.4 Å². The lowest BCUT2D eigenvalue weighted by Gasteiger charge is -2.30. The van der Waals surface area contributed by atoms with Crippen molar-refractivity contribution in [2.24, 2.45) is 5.92 Å². The Bertz CT molecular complexity index is 935. The number of aliphatic hydroxyl groups excluding tert-OH is 1. The van der Waals surface area contributed by atoms with E-state index in [1.165, 1.54) is 28.6 Å². The van der Waals surface area contributed by atoms with Crippen LogP contribution >= 0.6 is 0 Å². The molecule has 0 spiro atoms. The summed E-state index contributed by atoms with van der Waals surface area (Å²) in [6.45, 7) is 3.84. The molecule has 1 amide bonds. The van der Waals surface area contributed by atoms with Crippen LogP contribution in [-0.2, 0) is 16.4 Å². The number of carboxylic acid groups (broad SMARTS) is 1. The minimum absolute atomic E-state index is 0.0516. The molecule has 5 N–H and O–H groups in total. The predicted octanol–water partition coefficient (Wildman–Crippen LogP) is 2.55. The van der Waals surface area contributed by atoms with E-state index in [-0.39, 0.29) is 30.3 Å². The number of rotatable bonds is 11. The van der Waals surface area contributed by atoms with Crippen molar-refractivity contribution in [3.05, 3.63) is 60.2 Å². The van der Waals surface area contributed by atoms with Gasteiger partial charge in [0.2, 0.25) is 10.0 Å². The van der Waals surface area contributed by atoms with E-state index < -0.39 is 28.3 Å². The fraction of sp³-hybridized carbons (Fsp3) is 0.409. The average molecular weight is 450 g/mol. The molecule has 0 saturated carbocycles. The van der Waals surface area contributed by atoms with Gasteiger partial charge in [0.1, 0.15) is 0 Å². The van der Waals surface area contributed by atoms with Crippen molar-refractivity contribution in [3.8, 4) is 0 Å². The Kier molecular flexibility index (Phi) is 8.85. The quantitative estimate of drug-likeness (QED) is 0.390. The highest BCUT2D eigenvalue weighted by Gasteiger charge is 2.31. The van der Waals surface area contributed by atoms with Crippen LogP contribution in [0.15, 0.2) is 59.5 Å². The monoisotopic (exact) mass is 449 g/mol. The molecule has 3 atom stereocenters. The van der Waals surface area contributed by atoms with E-state index in [1.807, 2.05) is 44.2 Å². The van der Waals surface area contributed by atoms with Gasteiger partial charge in [-0.25, -0.2) is 13.2 Å². The molecule has 0 fully saturated rings. The molecule has 2 aromatic carbocycles. The molecule has 8 nitrogen and oxygen atoms in total. The number of nitrogens with two attached hydrogens (primary N) is 1. The zero-order valence-electron chi connectivity index (χ0n) is 17.8. The minimum Gasteiger partial charge on any atom is -0.465 e. The number of nitrogen functional groups attached to an aromatic ring is 1. The Hall–Kier alpha value is -2.62. The van der Waals surface area contributed by atoms with E-state index in [2.05, 4.69) is 5.32 Å². The maximum absolute atomic E-state index is 13.3. The smallest absolute Gasteiger partial charge is 0.404 e. The van der Waals surface area contributed by atoms with Crippen LogP contribution in [0, 0.1) is 5.92 Å². The molecule has 2 rings (SSSR count). The second kappa shape index (κ2) is 11.1. The molecule has 0 aliphatic heterocycles. The molecule has 9 heteroatoms. The molecule has 0 radical (unpaired) electrons. The van der Waals surface area contributed by atoms with Gasteiger partial charge in [-0.1, -0.05) is 50.6 Å². The summed E-state index contributed by atoms with van der Waals surface area (Å²) in [5.41, 5.74) is 6.95.